The van der Waals surface area contributed by atoms with E-state index in [1.807, 2.05) is 12.1 Å². The Labute approximate surface area is 109 Å². The highest BCUT2D eigenvalue weighted by atomic mass is 16.4. The van der Waals surface area contributed by atoms with Gasteiger partial charge in [0.15, 0.2) is 11.3 Å². The molecule has 19 heavy (non-hydrogen) atoms. The number of hydrogen-bond acceptors (Lipinski definition) is 4. The van der Waals surface area contributed by atoms with Gasteiger partial charge in [0.25, 0.3) is 0 Å². The van der Waals surface area contributed by atoms with Crippen molar-refractivity contribution in [3.8, 4) is 17.2 Å². The van der Waals surface area contributed by atoms with Crippen LogP contribution in [0.25, 0.3) is 11.0 Å². The summed E-state index contributed by atoms with van der Waals surface area (Å²) in [4.78, 5) is 0. The molecule has 1 heterocycles. The molecule has 0 spiro atoms. The first-order valence-corrected chi connectivity index (χ1v) is 5.85. The van der Waals surface area contributed by atoms with Gasteiger partial charge in [-0.1, -0.05) is 18.2 Å². The second-order valence-electron chi connectivity index (χ2n) is 4.40. The fraction of sp³-hybridized carbons (Fsp3) is 0.0667. The van der Waals surface area contributed by atoms with Crippen LogP contribution in [0.3, 0.4) is 0 Å². The number of fused-ring (bicyclic) bond motifs is 1. The summed E-state index contributed by atoms with van der Waals surface area (Å²) in [6, 6.07) is 11.4. The van der Waals surface area contributed by atoms with E-state index in [0.29, 0.717) is 23.3 Å². The molecule has 0 aliphatic heterocycles. The first-order chi connectivity index (χ1) is 9.13. The maximum absolute atomic E-state index is 9.73. The van der Waals surface area contributed by atoms with Crippen molar-refractivity contribution in [1.29, 1.82) is 0 Å². The maximum Gasteiger partial charge on any atom is 0.175 e. The molecule has 0 atom stereocenters. The molecule has 3 rings (SSSR count). The first kappa shape index (κ1) is 11.5. The fourth-order valence-corrected chi connectivity index (χ4v) is 2.08. The lowest BCUT2D eigenvalue weighted by molar-refractivity contribution is 0.443. The van der Waals surface area contributed by atoms with Crippen LogP contribution in [0.15, 0.2) is 46.9 Å². The molecule has 0 unspecified atom stereocenters. The highest BCUT2D eigenvalue weighted by Crippen LogP contribution is 2.30. The van der Waals surface area contributed by atoms with E-state index in [9.17, 15) is 15.3 Å². The molecule has 0 saturated heterocycles. The maximum atomic E-state index is 9.73. The van der Waals surface area contributed by atoms with E-state index in [1.165, 1.54) is 12.1 Å². The van der Waals surface area contributed by atoms with E-state index in [4.69, 9.17) is 4.42 Å². The van der Waals surface area contributed by atoms with Gasteiger partial charge in [-0.15, -0.1) is 0 Å². The van der Waals surface area contributed by atoms with Gasteiger partial charge in [0.1, 0.15) is 17.3 Å². The zero-order valence-electron chi connectivity index (χ0n) is 10.00. The summed E-state index contributed by atoms with van der Waals surface area (Å²) < 4.78 is 5.56. The summed E-state index contributed by atoms with van der Waals surface area (Å²) in [5, 5.41) is 29.4. The Morgan fingerprint density at radius 1 is 0.895 bits per heavy atom. The summed E-state index contributed by atoms with van der Waals surface area (Å²) in [6.45, 7) is 0. The van der Waals surface area contributed by atoms with E-state index in [1.54, 1.807) is 18.2 Å². The topological polar surface area (TPSA) is 73.8 Å². The van der Waals surface area contributed by atoms with Gasteiger partial charge in [-0.25, -0.2) is 0 Å². The number of phenolic OH excluding ortho intramolecular Hbond substituents is 3. The van der Waals surface area contributed by atoms with Crippen molar-refractivity contribution in [3.63, 3.8) is 0 Å². The summed E-state index contributed by atoms with van der Waals surface area (Å²) in [7, 11) is 0. The van der Waals surface area contributed by atoms with Crippen LogP contribution in [0, 0.1) is 0 Å². The number of benzene rings is 2. The molecule has 0 aliphatic carbocycles. The predicted octanol–water partition coefficient (Wildman–Crippen LogP) is 3.14. The van der Waals surface area contributed by atoms with Gasteiger partial charge >= 0.3 is 0 Å². The van der Waals surface area contributed by atoms with E-state index in [0.717, 1.165) is 5.39 Å². The summed E-state index contributed by atoms with van der Waals surface area (Å²) >= 11 is 0. The molecule has 3 N–H and O–H groups in total. The fourth-order valence-electron chi connectivity index (χ4n) is 2.08. The summed E-state index contributed by atoms with van der Waals surface area (Å²) in [5.41, 5.74) is 1.09. The molecule has 0 aliphatic rings. The van der Waals surface area contributed by atoms with Crippen LogP contribution in [0.2, 0.25) is 0 Å². The molecule has 0 bridgehead atoms. The second kappa shape index (κ2) is 4.24. The average molecular weight is 256 g/mol. The number of phenols is 3. The molecule has 96 valence electrons. The van der Waals surface area contributed by atoms with E-state index in [-0.39, 0.29) is 17.2 Å². The molecule has 4 heteroatoms. The van der Waals surface area contributed by atoms with E-state index < -0.39 is 0 Å². The van der Waals surface area contributed by atoms with Crippen molar-refractivity contribution < 1.29 is 19.7 Å². The van der Waals surface area contributed by atoms with E-state index >= 15 is 0 Å². The number of para-hydroxylation sites is 1. The zero-order chi connectivity index (χ0) is 13.4. The van der Waals surface area contributed by atoms with Crippen LogP contribution in [0.1, 0.15) is 11.3 Å². The normalized spacial score (nSPS) is 10.9. The van der Waals surface area contributed by atoms with Gasteiger partial charge in [0.2, 0.25) is 0 Å². The van der Waals surface area contributed by atoms with Crippen LogP contribution in [-0.2, 0) is 6.42 Å². The third-order valence-corrected chi connectivity index (χ3v) is 3.01. The monoisotopic (exact) mass is 256 g/mol. The van der Waals surface area contributed by atoms with Gasteiger partial charge < -0.3 is 19.7 Å². The Morgan fingerprint density at radius 2 is 1.74 bits per heavy atom. The minimum Gasteiger partial charge on any atom is -0.508 e. The lowest BCUT2D eigenvalue weighted by atomic mass is 10.1. The van der Waals surface area contributed by atoms with Gasteiger partial charge in [0.05, 0.1) is 0 Å². The van der Waals surface area contributed by atoms with Gasteiger partial charge in [-0.3, -0.25) is 0 Å². The molecule has 2 aromatic carbocycles. The Balaban J connectivity index is 1.99. The van der Waals surface area contributed by atoms with Crippen molar-refractivity contribution in [2.75, 3.05) is 0 Å². The van der Waals surface area contributed by atoms with Crippen molar-refractivity contribution >= 4 is 11.0 Å². The molecular formula is C15H12O4. The van der Waals surface area contributed by atoms with Crippen LogP contribution in [0.4, 0.5) is 0 Å². The minimum atomic E-state index is 0.0171. The van der Waals surface area contributed by atoms with Crippen molar-refractivity contribution in [2.24, 2.45) is 0 Å². The van der Waals surface area contributed by atoms with Gasteiger partial charge in [-0.2, -0.15) is 0 Å². The van der Waals surface area contributed by atoms with Crippen LogP contribution >= 0.6 is 0 Å². The number of rotatable bonds is 2. The molecule has 4 nitrogen and oxygen atoms in total. The third-order valence-electron chi connectivity index (χ3n) is 3.01. The standard InChI is InChI=1S/C15H12O4/c16-11-5-4-9(14(18)8-11)6-12-7-10-2-1-3-13(17)15(10)19-12/h1-5,7-8,16-18H,6H2. The van der Waals surface area contributed by atoms with Gasteiger partial charge in [-0.05, 0) is 18.2 Å². The quantitative estimate of drug-likeness (QED) is 0.658. The molecule has 1 aromatic heterocycles. The Bertz CT molecular complexity index is 743. The smallest absolute Gasteiger partial charge is 0.175 e. The molecule has 0 fully saturated rings. The molecule has 0 saturated carbocycles. The lowest BCUT2D eigenvalue weighted by Crippen LogP contribution is -1.86. The summed E-state index contributed by atoms with van der Waals surface area (Å²) in [6.07, 6.45) is 0.389. The van der Waals surface area contributed by atoms with Gasteiger partial charge in [0, 0.05) is 23.4 Å². The zero-order valence-corrected chi connectivity index (χ0v) is 10.00. The van der Waals surface area contributed by atoms with Crippen LogP contribution < -0.4 is 0 Å². The Morgan fingerprint density at radius 3 is 2.47 bits per heavy atom. The largest absolute Gasteiger partial charge is 0.508 e. The Hall–Kier alpha value is -2.62. The predicted molar refractivity (Wildman–Crippen MR) is 70.5 cm³/mol. The van der Waals surface area contributed by atoms with Crippen molar-refractivity contribution in [2.45, 2.75) is 6.42 Å². The highest BCUT2D eigenvalue weighted by Gasteiger charge is 2.10. The van der Waals surface area contributed by atoms with Crippen molar-refractivity contribution in [1.82, 2.24) is 0 Å². The second-order valence-corrected chi connectivity index (χ2v) is 4.40. The Kier molecular flexibility index (Phi) is 2.56. The number of furan rings is 1. The first-order valence-electron chi connectivity index (χ1n) is 5.85. The molecular weight excluding hydrogens is 244 g/mol. The lowest BCUT2D eigenvalue weighted by Gasteiger charge is -2.02. The molecule has 3 aromatic rings. The number of aromatic hydroxyl groups is 3. The summed E-state index contributed by atoms with van der Waals surface area (Å²) in [5.74, 6) is 0.768. The van der Waals surface area contributed by atoms with E-state index in [2.05, 4.69) is 0 Å². The number of hydrogen-bond donors (Lipinski definition) is 3. The SMILES string of the molecule is Oc1ccc(Cc2cc3cccc(O)c3o2)c(O)c1. The highest BCUT2D eigenvalue weighted by molar-refractivity contribution is 5.83. The molecule has 0 amide bonds. The van der Waals surface area contributed by atoms with Crippen LogP contribution in [0.5, 0.6) is 17.2 Å². The third kappa shape index (κ3) is 2.08. The van der Waals surface area contributed by atoms with Crippen LogP contribution in [-0.4, -0.2) is 15.3 Å². The molecule has 0 radical (unpaired) electrons. The van der Waals surface area contributed by atoms with Crippen molar-refractivity contribution in [3.05, 3.63) is 53.8 Å². The average Bonchev–Trinajstić information content (AvgIpc) is 2.77. The minimum absolute atomic E-state index is 0.0171.